The highest BCUT2D eigenvalue weighted by molar-refractivity contribution is 9.11. The summed E-state index contributed by atoms with van der Waals surface area (Å²) in [6, 6.07) is 4.22. The van der Waals surface area contributed by atoms with Crippen molar-refractivity contribution < 1.29 is 4.42 Å². The Hall–Kier alpha value is -0.760. The molecule has 0 aromatic carbocycles. The standard InChI is InChI=1S/C11H13BrN4OS/c12-9-2-1-8(18-9)11-15-14-10(17-11)6-16-4-3-7(13)5-16/h1-2,7H,3-6,13H2/t7-/m1/s1. The summed E-state index contributed by atoms with van der Waals surface area (Å²) >= 11 is 5.00. The van der Waals surface area contributed by atoms with Crippen molar-refractivity contribution in [3.8, 4) is 10.8 Å². The Bertz CT molecular complexity index is 541. The molecule has 1 atom stereocenters. The van der Waals surface area contributed by atoms with Gasteiger partial charge in [-0.25, -0.2) is 0 Å². The zero-order chi connectivity index (χ0) is 12.5. The smallest absolute Gasteiger partial charge is 0.257 e. The van der Waals surface area contributed by atoms with Gasteiger partial charge < -0.3 is 10.2 Å². The number of aromatic nitrogens is 2. The van der Waals surface area contributed by atoms with E-state index < -0.39 is 0 Å². The molecule has 3 heterocycles. The van der Waals surface area contributed by atoms with E-state index in [0.29, 0.717) is 18.3 Å². The molecule has 0 unspecified atom stereocenters. The van der Waals surface area contributed by atoms with Crippen LogP contribution in [0.25, 0.3) is 10.8 Å². The second-order valence-electron chi connectivity index (χ2n) is 4.39. The summed E-state index contributed by atoms with van der Waals surface area (Å²) in [5.41, 5.74) is 5.87. The van der Waals surface area contributed by atoms with Gasteiger partial charge in [0.2, 0.25) is 5.89 Å². The van der Waals surface area contributed by atoms with Crippen LogP contribution in [0.3, 0.4) is 0 Å². The SMILES string of the molecule is N[C@@H]1CCN(Cc2nnc(-c3ccc(Br)s3)o2)C1. The number of nitrogens with two attached hydrogens (primary N) is 1. The van der Waals surface area contributed by atoms with E-state index in [9.17, 15) is 0 Å². The van der Waals surface area contributed by atoms with Gasteiger partial charge in [-0.1, -0.05) is 0 Å². The van der Waals surface area contributed by atoms with Gasteiger partial charge in [0.1, 0.15) is 0 Å². The first-order valence-corrected chi connectivity index (χ1v) is 7.37. The van der Waals surface area contributed by atoms with Gasteiger partial charge >= 0.3 is 0 Å². The Balaban J connectivity index is 1.70. The van der Waals surface area contributed by atoms with E-state index in [0.717, 1.165) is 28.2 Å². The molecule has 0 amide bonds. The molecule has 7 heteroatoms. The summed E-state index contributed by atoms with van der Waals surface area (Å²) in [6.07, 6.45) is 1.04. The minimum Gasteiger partial charge on any atom is -0.419 e. The van der Waals surface area contributed by atoms with Crippen LogP contribution in [0, 0.1) is 0 Å². The summed E-state index contributed by atoms with van der Waals surface area (Å²) < 4.78 is 6.72. The molecule has 2 N–H and O–H groups in total. The molecule has 1 saturated heterocycles. The molecule has 0 aliphatic carbocycles. The van der Waals surface area contributed by atoms with Gasteiger partial charge in [-0.2, -0.15) is 0 Å². The van der Waals surface area contributed by atoms with Crippen molar-refractivity contribution in [1.29, 1.82) is 0 Å². The third-order valence-electron chi connectivity index (χ3n) is 2.92. The fourth-order valence-corrected chi connectivity index (χ4v) is 3.35. The number of hydrogen-bond donors (Lipinski definition) is 1. The maximum atomic E-state index is 5.87. The first-order valence-electron chi connectivity index (χ1n) is 5.77. The Morgan fingerprint density at radius 3 is 3.06 bits per heavy atom. The van der Waals surface area contributed by atoms with Crippen molar-refractivity contribution in [2.75, 3.05) is 13.1 Å². The normalized spacial score (nSPS) is 20.7. The Kier molecular flexibility index (Phi) is 3.47. The van der Waals surface area contributed by atoms with Gasteiger partial charge in [-0.15, -0.1) is 21.5 Å². The average Bonchev–Trinajstić information content (AvgIpc) is 3.01. The molecule has 1 aliphatic heterocycles. The van der Waals surface area contributed by atoms with Crippen LogP contribution in [0.4, 0.5) is 0 Å². The Morgan fingerprint density at radius 1 is 1.50 bits per heavy atom. The molecule has 0 spiro atoms. The maximum Gasteiger partial charge on any atom is 0.257 e. The van der Waals surface area contributed by atoms with Crippen LogP contribution < -0.4 is 5.73 Å². The van der Waals surface area contributed by atoms with E-state index in [4.69, 9.17) is 10.2 Å². The fourth-order valence-electron chi connectivity index (χ4n) is 2.04. The summed E-state index contributed by atoms with van der Waals surface area (Å²) in [7, 11) is 0. The molecule has 0 radical (unpaired) electrons. The number of halogens is 1. The van der Waals surface area contributed by atoms with Crippen molar-refractivity contribution in [3.63, 3.8) is 0 Å². The van der Waals surface area contributed by atoms with E-state index in [-0.39, 0.29) is 6.04 Å². The molecule has 0 bridgehead atoms. The predicted octanol–water partition coefficient (Wildman–Crippen LogP) is 2.09. The van der Waals surface area contributed by atoms with Crippen molar-refractivity contribution in [3.05, 3.63) is 21.8 Å². The first kappa shape index (κ1) is 12.3. The number of nitrogens with zero attached hydrogens (tertiary/aromatic N) is 3. The highest BCUT2D eigenvalue weighted by Gasteiger charge is 2.21. The third-order valence-corrected chi connectivity index (χ3v) is 4.53. The van der Waals surface area contributed by atoms with Crippen LogP contribution in [0.15, 0.2) is 20.3 Å². The lowest BCUT2D eigenvalue weighted by Gasteiger charge is -2.11. The van der Waals surface area contributed by atoms with Crippen LogP contribution in [0.1, 0.15) is 12.3 Å². The van der Waals surface area contributed by atoms with E-state index in [1.807, 2.05) is 12.1 Å². The number of likely N-dealkylation sites (tertiary alicyclic amines) is 1. The second-order valence-corrected chi connectivity index (χ2v) is 6.85. The lowest BCUT2D eigenvalue weighted by Crippen LogP contribution is -2.26. The van der Waals surface area contributed by atoms with E-state index in [1.165, 1.54) is 0 Å². The minimum absolute atomic E-state index is 0.278. The average molecular weight is 329 g/mol. The molecule has 1 fully saturated rings. The van der Waals surface area contributed by atoms with Gasteiger partial charge in [-0.3, -0.25) is 4.90 Å². The van der Waals surface area contributed by atoms with Crippen LogP contribution in [-0.2, 0) is 6.54 Å². The second kappa shape index (κ2) is 5.08. The zero-order valence-corrected chi connectivity index (χ0v) is 12.1. The number of thiophene rings is 1. The van der Waals surface area contributed by atoms with Gasteiger partial charge in [-0.05, 0) is 34.5 Å². The van der Waals surface area contributed by atoms with Crippen LogP contribution in [0.5, 0.6) is 0 Å². The lowest BCUT2D eigenvalue weighted by atomic mass is 10.3. The summed E-state index contributed by atoms with van der Waals surface area (Å²) in [4.78, 5) is 3.23. The van der Waals surface area contributed by atoms with Gasteiger partial charge in [0.15, 0.2) is 0 Å². The topological polar surface area (TPSA) is 68.2 Å². The summed E-state index contributed by atoms with van der Waals surface area (Å²) in [6.45, 7) is 2.60. The zero-order valence-electron chi connectivity index (χ0n) is 9.67. The molecule has 5 nitrogen and oxygen atoms in total. The largest absolute Gasteiger partial charge is 0.419 e. The Morgan fingerprint density at radius 2 is 2.39 bits per heavy atom. The van der Waals surface area contributed by atoms with Crippen LogP contribution in [0.2, 0.25) is 0 Å². The molecule has 2 aromatic rings. The molecule has 0 saturated carbocycles. The van der Waals surface area contributed by atoms with E-state index >= 15 is 0 Å². The fraction of sp³-hybridized carbons (Fsp3) is 0.455. The monoisotopic (exact) mass is 328 g/mol. The molecular formula is C11H13BrN4OS. The Labute approximate surface area is 117 Å². The highest BCUT2D eigenvalue weighted by Crippen LogP contribution is 2.30. The molecule has 96 valence electrons. The molecule has 1 aliphatic rings. The highest BCUT2D eigenvalue weighted by atomic mass is 79.9. The van der Waals surface area contributed by atoms with Crippen LogP contribution >= 0.6 is 27.3 Å². The minimum atomic E-state index is 0.278. The van der Waals surface area contributed by atoms with Crippen LogP contribution in [-0.4, -0.2) is 34.2 Å². The van der Waals surface area contributed by atoms with Crippen molar-refractivity contribution in [1.82, 2.24) is 15.1 Å². The van der Waals surface area contributed by atoms with Crippen molar-refractivity contribution in [2.24, 2.45) is 5.73 Å². The van der Waals surface area contributed by atoms with E-state index in [1.54, 1.807) is 11.3 Å². The van der Waals surface area contributed by atoms with Gasteiger partial charge in [0.05, 0.1) is 15.2 Å². The number of hydrogen-bond acceptors (Lipinski definition) is 6. The quantitative estimate of drug-likeness (QED) is 0.934. The van der Waals surface area contributed by atoms with Crippen molar-refractivity contribution >= 4 is 27.3 Å². The summed E-state index contributed by atoms with van der Waals surface area (Å²) in [5, 5.41) is 8.16. The molecule has 3 rings (SSSR count). The van der Waals surface area contributed by atoms with Gasteiger partial charge in [0, 0.05) is 19.1 Å². The maximum absolute atomic E-state index is 5.87. The number of rotatable bonds is 3. The molecular weight excluding hydrogens is 316 g/mol. The summed E-state index contributed by atoms with van der Waals surface area (Å²) in [5.74, 6) is 1.24. The molecule has 2 aromatic heterocycles. The third kappa shape index (κ3) is 2.64. The molecule has 18 heavy (non-hydrogen) atoms. The van der Waals surface area contributed by atoms with Crippen molar-refractivity contribution in [2.45, 2.75) is 19.0 Å². The van der Waals surface area contributed by atoms with E-state index in [2.05, 4.69) is 31.0 Å². The predicted molar refractivity (Wildman–Crippen MR) is 73.2 cm³/mol. The van der Waals surface area contributed by atoms with Gasteiger partial charge in [0.25, 0.3) is 5.89 Å². The lowest BCUT2D eigenvalue weighted by molar-refractivity contribution is 0.289. The first-order chi connectivity index (χ1) is 8.70.